The summed E-state index contributed by atoms with van der Waals surface area (Å²) in [6.45, 7) is 1.80. The van der Waals surface area contributed by atoms with E-state index in [0.29, 0.717) is 6.42 Å². The summed E-state index contributed by atoms with van der Waals surface area (Å²) in [7, 11) is 0. The molecule has 0 aliphatic carbocycles. The van der Waals surface area contributed by atoms with E-state index in [2.05, 4.69) is 11.8 Å². The zero-order valence-corrected chi connectivity index (χ0v) is 14.1. The number of thiophene rings is 1. The van der Waals surface area contributed by atoms with Gasteiger partial charge in [0.15, 0.2) is 0 Å². The number of aliphatic hydroxyl groups excluding tert-OH is 1. The Morgan fingerprint density at radius 3 is 2.62 bits per heavy atom. The van der Waals surface area contributed by atoms with Crippen LogP contribution in [0, 0.1) is 23.5 Å². The topological polar surface area (TPSA) is 55.5 Å². The first kappa shape index (κ1) is 18.4. The summed E-state index contributed by atoms with van der Waals surface area (Å²) < 4.78 is 31.2. The molecular weight excluding hydrogens is 332 g/mol. The molecular formula is C18H19F2NO2S. The molecule has 24 heavy (non-hydrogen) atoms. The molecule has 2 rings (SSSR count). The van der Waals surface area contributed by atoms with Crippen molar-refractivity contribution in [2.45, 2.75) is 25.3 Å². The fraction of sp³-hybridized carbons (Fsp3) is 0.333. The number of benzene rings is 1. The average Bonchev–Trinajstić information content (AvgIpc) is 2.97. The molecule has 2 aromatic rings. The maximum Gasteiger partial charge on any atom is 0.149 e. The number of hydrogen-bond donors (Lipinski definition) is 2. The molecule has 1 aromatic heterocycles. The van der Waals surface area contributed by atoms with Crippen LogP contribution < -0.4 is 10.5 Å². The number of ether oxygens (including phenoxy) is 1. The molecule has 0 amide bonds. The first-order valence-electron chi connectivity index (χ1n) is 7.44. The van der Waals surface area contributed by atoms with Gasteiger partial charge in [-0.1, -0.05) is 11.8 Å². The predicted octanol–water partition coefficient (Wildman–Crippen LogP) is 3.10. The summed E-state index contributed by atoms with van der Waals surface area (Å²) in [6, 6.07) is 6.89. The van der Waals surface area contributed by atoms with Gasteiger partial charge in [-0.3, -0.25) is 0 Å². The van der Waals surface area contributed by atoms with Crippen LogP contribution in [-0.4, -0.2) is 23.9 Å². The number of aliphatic hydroxyl groups is 1. The smallest absolute Gasteiger partial charge is 0.149 e. The molecule has 0 bridgehead atoms. The standard InChI is InChI=1S/C18H19F2NO2S/c1-18(21,12-22)7-6-17-5-4-16(24-17)3-2-8-23-15-10-13(19)9-14(20)11-15/h4-5,9-11,22H,6-8,12,21H2,1H3. The maximum atomic E-state index is 13.0. The highest BCUT2D eigenvalue weighted by molar-refractivity contribution is 7.12. The lowest BCUT2D eigenvalue weighted by Gasteiger charge is -2.20. The van der Waals surface area contributed by atoms with Crippen LogP contribution in [0.2, 0.25) is 0 Å². The predicted molar refractivity (Wildman–Crippen MR) is 91.0 cm³/mol. The van der Waals surface area contributed by atoms with Crippen LogP contribution in [-0.2, 0) is 6.42 Å². The summed E-state index contributed by atoms with van der Waals surface area (Å²) in [6.07, 6.45) is 1.46. The first-order valence-corrected chi connectivity index (χ1v) is 8.26. The van der Waals surface area contributed by atoms with Crippen LogP contribution in [0.5, 0.6) is 5.75 Å². The van der Waals surface area contributed by atoms with Crippen molar-refractivity contribution in [3.8, 4) is 17.6 Å². The summed E-state index contributed by atoms with van der Waals surface area (Å²) in [5, 5.41) is 9.14. The van der Waals surface area contributed by atoms with Gasteiger partial charge in [0.1, 0.15) is 24.0 Å². The lowest BCUT2D eigenvalue weighted by Crippen LogP contribution is -2.40. The average molecular weight is 351 g/mol. The van der Waals surface area contributed by atoms with Crippen molar-refractivity contribution in [2.24, 2.45) is 5.73 Å². The highest BCUT2D eigenvalue weighted by Crippen LogP contribution is 2.20. The summed E-state index contributed by atoms with van der Waals surface area (Å²) in [5.41, 5.74) is 5.32. The Morgan fingerprint density at radius 2 is 1.96 bits per heavy atom. The van der Waals surface area contributed by atoms with Gasteiger partial charge in [-0.2, -0.15) is 0 Å². The Hall–Kier alpha value is -1.94. The van der Waals surface area contributed by atoms with Crippen molar-refractivity contribution < 1.29 is 18.6 Å². The van der Waals surface area contributed by atoms with Gasteiger partial charge < -0.3 is 15.6 Å². The van der Waals surface area contributed by atoms with E-state index in [9.17, 15) is 8.78 Å². The number of halogens is 2. The minimum Gasteiger partial charge on any atom is -0.481 e. The lowest BCUT2D eigenvalue weighted by atomic mass is 9.98. The zero-order valence-electron chi connectivity index (χ0n) is 13.3. The molecule has 1 unspecified atom stereocenters. The van der Waals surface area contributed by atoms with Gasteiger partial charge in [-0.05, 0) is 31.9 Å². The summed E-state index contributed by atoms with van der Waals surface area (Å²) >= 11 is 1.55. The number of nitrogens with two attached hydrogens (primary N) is 1. The highest BCUT2D eigenvalue weighted by Gasteiger charge is 2.16. The van der Waals surface area contributed by atoms with E-state index in [1.807, 2.05) is 19.1 Å². The molecule has 0 saturated carbocycles. The van der Waals surface area contributed by atoms with Crippen LogP contribution in [0.15, 0.2) is 30.3 Å². The molecule has 3 nitrogen and oxygen atoms in total. The van der Waals surface area contributed by atoms with E-state index < -0.39 is 17.2 Å². The molecule has 1 heterocycles. The second-order valence-corrected chi connectivity index (χ2v) is 6.94. The molecule has 6 heteroatoms. The molecule has 0 saturated heterocycles. The third kappa shape index (κ3) is 5.93. The van der Waals surface area contributed by atoms with Crippen molar-refractivity contribution in [3.05, 3.63) is 51.7 Å². The van der Waals surface area contributed by atoms with Crippen molar-refractivity contribution in [3.63, 3.8) is 0 Å². The highest BCUT2D eigenvalue weighted by atomic mass is 32.1. The quantitative estimate of drug-likeness (QED) is 0.787. The monoisotopic (exact) mass is 351 g/mol. The van der Waals surface area contributed by atoms with Crippen LogP contribution >= 0.6 is 11.3 Å². The molecule has 0 radical (unpaired) electrons. The van der Waals surface area contributed by atoms with Crippen LogP contribution in [0.1, 0.15) is 23.1 Å². The largest absolute Gasteiger partial charge is 0.481 e. The van der Waals surface area contributed by atoms with Crippen LogP contribution in [0.3, 0.4) is 0 Å². The maximum absolute atomic E-state index is 13.0. The van der Waals surface area contributed by atoms with Crippen molar-refractivity contribution >= 4 is 11.3 Å². The van der Waals surface area contributed by atoms with Crippen molar-refractivity contribution in [2.75, 3.05) is 13.2 Å². The molecule has 0 aliphatic rings. The third-order valence-electron chi connectivity index (χ3n) is 3.32. The zero-order chi connectivity index (χ0) is 17.6. The van der Waals surface area contributed by atoms with Gasteiger partial charge in [-0.25, -0.2) is 8.78 Å². The number of hydrogen-bond acceptors (Lipinski definition) is 4. The summed E-state index contributed by atoms with van der Waals surface area (Å²) in [5.74, 6) is 4.51. The normalized spacial score (nSPS) is 13.0. The van der Waals surface area contributed by atoms with E-state index in [1.165, 1.54) is 0 Å². The van der Waals surface area contributed by atoms with Crippen molar-refractivity contribution in [1.29, 1.82) is 0 Å². The van der Waals surface area contributed by atoms with Gasteiger partial charge >= 0.3 is 0 Å². The van der Waals surface area contributed by atoms with E-state index in [0.717, 1.165) is 34.4 Å². The summed E-state index contributed by atoms with van der Waals surface area (Å²) in [4.78, 5) is 2.01. The second kappa shape index (κ2) is 8.25. The van der Waals surface area contributed by atoms with E-state index >= 15 is 0 Å². The number of rotatable bonds is 6. The van der Waals surface area contributed by atoms with E-state index in [-0.39, 0.29) is 19.0 Å². The van der Waals surface area contributed by atoms with Crippen LogP contribution in [0.4, 0.5) is 8.78 Å². The van der Waals surface area contributed by atoms with Gasteiger partial charge in [0, 0.05) is 28.6 Å². The molecule has 1 atom stereocenters. The van der Waals surface area contributed by atoms with Gasteiger partial charge in [-0.15, -0.1) is 11.3 Å². The van der Waals surface area contributed by atoms with Gasteiger partial charge in [0.25, 0.3) is 0 Å². The molecule has 1 aromatic carbocycles. The first-order chi connectivity index (χ1) is 11.4. The minimum absolute atomic E-state index is 0.0432. The Balaban J connectivity index is 1.85. The molecule has 3 N–H and O–H groups in total. The van der Waals surface area contributed by atoms with E-state index in [4.69, 9.17) is 15.6 Å². The van der Waals surface area contributed by atoms with Crippen molar-refractivity contribution in [1.82, 2.24) is 0 Å². The molecule has 0 fully saturated rings. The Morgan fingerprint density at radius 1 is 1.25 bits per heavy atom. The molecule has 128 valence electrons. The molecule has 0 spiro atoms. The Bertz CT molecular complexity index is 727. The molecule has 0 aliphatic heterocycles. The third-order valence-corrected chi connectivity index (χ3v) is 4.38. The SMILES string of the molecule is CC(N)(CO)CCc1ccc(C#CCOc2cc(F)cc(F)c2)s1. The fourth-order valence-corrected chi connectivity index (χ4v) is 2.80. The Kier molecular flexibility index (Phi) is 6.32. The Labute approximate surface area is 144 Å². The lowest BCUT2D eigenvalue weighted by molar-refractivity contribution is 0.201. The van der Waals surface area contributed by atoms with Crippen LogP contribution in [0.25, 0.3) is 0 Å². The minimum atomic E-state index is -0.685. The van der Waals surface area contributed by atoms with Gasteiger partial charge in [0.05, 0.1) is 11.5 Å². The van der Waals surface area contributed by atoms with Gasteiger partial charge in [0.2, 0.25) is 0 Å². The van der Waals surface area contributed by atoms with E-state index in [1.54, 1.807) is 11.3 Å². The fourth-order valence-electron chi connectivity index (χ4n) is 1.92. The number of aryl methyl sites for hydroxylation is 1. The second-order valence-electron chi connectivity index (χ2n) is 5.77.